The molecule has 2 heterocycles. The van der Waals surface area contributed by atoms with E-state index in [1.165, 1.54) is 10.6 Å². The van der Waals surface area contributed by atoms with Gasteiger partial charge in [-0.15, -0.1) is 0 Å². The Morgan fingerprint density at radius 3 is 2.81 bits per heavy atom. The first-order valence-corrected chi connectivity index (χ1v) is 8.15. The van der Waals surface area contributed by atoms with Crippen molar-refractivity contribution in [1.82, 2.24) is 14.8 Å². The highest BCUT2D eigenvalue weighted by atomic mass is 19.1. The zero-order chi connectivity index (χ0) is 19.1. The molecule has 0 atom stereocenters. The molecule has 0 aliphatic heterocycles. The highest BCUT2D eigenvalue weighted by molar-refractivity contribution is 6.04. The fourth-order valence-electron chi connectivity index (χ4n) is 2.79. The van der Waals surface area contributed by atoms with E-state index in [-0.39, 0.29) is 17.4 Å². The standard InChI is InChI=1S/C19H15FN4O3/c1-10-7-11(3-5-13(10)20)14-9-15(23-22-14)18(25)21-12-4-6-17-16(8-12)24(2)19(26)27-17/h3-9H,1-2H3,(H,21,25)(H,22,23). The maximum atomic E-state index is 13.4. The maximum absolute atomic E-state index is 13.4. The second-order valence-corrected chi connectivity index (χ2v) is 6.19. The number of oxazole rings is 1. The topological polar surface area (TPSA) is 92.9 Å². The summed E-state index contributed by atoms with van der Waals surface area (Å²) in [6.45, 7) is 1.67. The third-order valence-corrected chi connectivity index (χ3v) is 4.33. The number of aromatic nitrogens is 3. The Morgan fingerprint density at radius 1 is 1.22 bits per heavy atom. The number of halogens is 1. The number of amides is 1. The van der Waals surface area contributed by atoms with Crippen LogP contribution in [0, 0.1) is 12.7 Å². The van der Waals surface area contributed by atoms with Gasteiger partial charge >= 0.3 is 5.76 Å². The van der Waals surface area contributed by atoms with Crippen LogP contribution in [0.1, 0.15) is 16.1 Å². The van der Waals surface area contributed by atoms with E-state index in [9.17, 15) is 14.0 Å². The van der Waals surface area contributed by atoms with Crippen molar-refractivity contribution in [2.45, 2.75) is 6.92 Å². The Balaban J connectivity index is 1.58. The van der Waals surface area contributed by atoms with Crippen LogP contribution < -0.4 is 11.1 Å². The Kier molecular flexibility index (Phi) is 3.88. The summed E-state index contributed by atoms with van der Waals surface area (Å²) in [7, 11) is 1.59. The van der Waals surface area contributed by atoms with E-state index >= 15 is 0 Å². The number of rotatable bonds is 3. The Labute approximate surface area is 152 Å². The van der Waals surface area contributed by atoms with Crippen molar-refractivity contribution in [3.63, 3.8) is 0 Å². The number of carbonyl (C=O) groups excluding carboxylic acids is 1. The molecule has 2 N–H and O–H groups in total. The molecule has 0 bridgehead atoms. The van der Waals surface area contributed by atoms with Crippen LogP contribution in [0.5, 0.6) is 0 Å². The molecule has 0 saturated heterocycles. The minimum atomic E-state index is -0.471. The quantitative estimate of drug-likeness (QED) is 0.582. The lowest BCUT2D eigenvalue weighted by molar-refractivity contribution is 0.102. The number of aromatic amines is 1. The summed E-state index contributed by atoms with van der Waals surface area (Å²) in [6, 6.07) is 11.1. The zero-order valence-electron chi connectivity index (χ0n) is 14.5. The van der Waals surface area contributed by atoms with Gasteiger partial charge in [-0.3, -0.25) is 14.5 Å². The number of hydrogen-bond donors (Lipinski definition) is 2. The number of anilines is 1. The fraction of sp³-hybridized carbons (Fsp3) is 0.105. The van der Waals surface area contributed by atoms with Crippen LogP contribution in [-0.4, -0.2) is 20.7 Å². The predicted octanol–water partition coefficient (Wildman–Crippen LogP) is 3.22. The van der Waals surface area contributed by atoms with Crippen LogP contribution in [0.4, 0.5) is 10.1 Å². The zero-order valence-corrected chi connectivity index (χ0v) is 14.5. The molecule has 4 rings (SSSR count). The van der Waals surface area contributed by atoms with Gasteiger partial charge in [0.05, 0.1) is 11.2 Å². The molecule has 4 aromatic rings. The Hall–Kier alpha value is -3.68. The fourth-order valence-corrected chi connectivity index (χ4v) is 2.79. The Morgan fingerprint density at radius 2 is 2.04 bits per heavy atom. The van der Waals surface area contributed by atoms with Gasteiger partial charge in [-0.1, -0.05) is 0 Å². The van der Waals surface area contributed by atoms with Crippen molar-refractivity contribution >= 4 is 22.7 Å². The summed E-state index contributed by atoms with van der Waals surface area (Å²) in [5.41, 5.74) is 3.53. The summed E-state index contributed by atoms with van der Waals surface area (Å²) >= 11 is 0. The molecular formula is C19H15FN4O3. The summed E-state index contributed by atoms with van der Waals surface area (Å²) in [4.78, 5) is 24.0. The molecule has 0 aliphatic rings. The van der Waals surface area contributed by atoms with Gasteiger partial charge in [0.1, 0.15) is 11.5 Å². The number of nitrogens with zero attached hydrogens (tertiary/aromatic N) is 2. The van der Waals surface area contributed by atoms with Gasteiger partial charge in [0.2, 0.25) is 0 Å². The van der Waals surface area contributed by atoms with Gasteiger partial charge in [-0.2, -0.15) is 5.10 Å². The van der Waals surface area contributed by atoms with E-state index < -0.39 is 5.76 Å². The molecule has 7 nitrogen and oxygen atoms in total. The van der Waals surface area contributed by atoms with Crippen LogP contribution in [0.2, 0.25) is 0 Å². The predicted molar refractivity (Wildman–Crippen MR) is 98.1 cm³/mol. The molecule has 0 radical (unpaired) electrons. The first-order chi connectivity index (χ1) is 12.9. The van der Waals surface area contributed by atoms with Gasteiger partial charge in [0.15, 0.2) is 5.58 Å². The molecule has 136 valence electrons. The third-order valence-electron chi connectivity index (χ3n) is 4.33. The number of nitrogens with one attached hydrogen (secondary N) is 2. The van der Waals surface area contributed by atoms with E-state index in [1.54, 1.807) is 50.4 Å². The second kappa shape index (κ2) is 6.24. The molecule has 1 amide bonds. The molecule has 2 aromatic heterocycles. The number of hydrogen-bond acceptors (Lipinski definition) is 4. The third kappa shape index (κ3) is 3.01. The van der Waals surface area contributed by atoms with E-state index in [2.05, 4.69) is 15.5 Å². The lowest BCUT2D eigenvalue weighted by Gasteiger charge is -2.03. The molecule has 0 fully saturated rings. The number of H-pyrrole nitrogens is 1. The van der Waals surface area contributed by atoms with E-state index in [4.69, 9.17) is 4.42 Å². The summed E-state index contributed by atoms with van der Waals surface area (Å²) in [5.74, 6) is -1.15. The monoisotopic (exact) mass is 366 g/mol. The lowest BCUT2D eigenvalue weighted by Crippen LogP contribution is -2.12. The number of benzene rings is 2. The highest BCUT2D eigenvalue weighted by Crippen LogP contribution is 2.22. The highest BCUT2D eigenvalue weighted by Gasteiger charge is 2.13. The van der Waals surface area contributed by atoms with Crippen LogP contribution >= 0.6 is 0 Å². The van der Waals surface area contributed by atoms with Crippen LogP contribution in [0.25, 0.3) is 22.4 Å². The van der Waals surface area contributed by atoms with Crippen molar-refractivity contribution in [3.05, 3.63) is 70.1 Å². The minimum Gasteiger partial charge on any atom is -0.408 e. The van der Waals surface area contributed by atoms with Gasteiger partial charge in [-0.25, -0.2) is 9.18 Å². The van der Waals surface area contributed by atoms with Gasteiger partial charge in [0.25, 0.3) is 5.91 Å². The molecule has 0 unspecified atom stereocenters. The summed E-state index contributed by atoms with van der Waals surface area (Å²) in [6.07, 6.45) is 0. The summed E-state index contributed by atoms with van der Waals surface area (Å²) in [5, 5.41) is 9.54. The summed E-state index contributed by atoms with van der Waals surface area (Å²) < 4.78 is 19.8. The minimum absolute atomic E-state index is 0.258. The molecular weight excluding hydrogens is 351 g/mol. The first kappa shape index (κ1) is 16.8. The second-order valence-electron chi connectivity index (χ2n) is 6.19. The van der Waals surface area contributed by atoms with Gasteiger partial charge < -0.3 is 9.73 Å². The average Bonchev–Trinajstić information content (AvgIpc) is 3.24. The van der Waals surface area contributed by atoms with Crippen molar-refractivity contribution < 1.29 is 13.6 Å². The molecule has 0 saturated carbocycles. The van der Waals surface area contributed by atoms with Crippen LogP contribution in [0.15, 0.2) is 51.7 Å². The molecule has 0 aliphatic carbocycles. The van der Waals surface area contributed by atoms with Gasteiger partial charge in [-0.05, 0) is 55.0 Å². The number of carbonyl (C=O) groups is 1. The smallest absolute Gasteiger partial charge is 0.408 e. The largest absolute Gasteiger partial charge is 0.419 e. The molecule has 2 aromatic carbocycles. The lowest BCUT2D eigenvalue weighted by atomic mass is 10.1. The van der Waals surface area contributed by atoms with Crippen molar-refractivity contribution in [1.29, 1.82) is 0 Å². The molecule has 8 heteroatoms. The molecule has 27 heavy (non-hydrogen) atoms. The number of aryl methyl sites for hydroxylation is 2. The van der Waals surface area contributed by atoms with E-state index in [1.807, 2.05) is 0 Å². The number of fused-ring (bicyclic) bond motifs is 1. The van der Waals surface area contributed by atoms with E-state index in [0.717, 1.165) is 0 Å². The average molecular weight is 366 g/mol. The first-order valence-electron chi connectivity index (χ1n) is 8.15. The van der Waals surface area contributed by atoms with Gasteiger partial charge in [0, 0.05) is 18.3 Å². The van der Waals surface area contributed by atoms with Crippen molar-refractivity contribution in [2.24, 2.45) is 7.05 Å². The Bertz CT molecular complexity index is 1240. The van der Waals surface area contributed by atoms with E-state index in [0.29, 0.717) is 33.6 Å². The van der Waals surface area contributed by atoms with Crippen LogP contribution in [-0.2, 0) is 7.05 Å². The van der Waals surface area contributed by atoms with Crippen LogP contribution in [0.3, 0.4) is 0 Å². The van der Waals surface area contributed by atoms with Crippen molar-refractivity contribution in [2.75, 3.05) is 5.32 Å². The normalized spacial score (nSPS) is 11.1. The molecule has 0 spiro atoms. The SMILES string of the molecule is Cc1cc(-c2cc(C(=O)Nc3ccc4oc(=O)n(C)c4c3)[nH]n2)ccc1F. The maximum Gasteiger partial charge on any atom is 0.419 e. The van der Waals surface area contributed by atoms with Crippen molar-refractivity contribution in [3.8, 4) is 11.3 Å².